The Balaban J connectivity index is 1.71. The van der Waals surface area contributed by atoms with Crippen LogP contribution in [0.15, 0.2) is 82.6 Å². The molecule has 3 aromatic rings. The Bertz CT molecular complexity index is 1160. The molecule has 168 valence electrons. The molecule has 0 unspecified atom stereocenters. The lowest BCUT2D eigenvalue weighted by atomic mass is 10.1. The number of aryl methyl sites for hydroxylation is 3. The summed E-state index contributed by atoms with van der Waals surface area (Å²) in [6, 6.07) is 21.8. The van der Waals surface area contributed by atoms with Gasteiger partial charge in [-0.2, -0.15) is 0 Å². The molecule has 0 heterocycles. The summed E-state index contributed by atoms with van der Waals surface area (Å²) in [4.78, 5) is 14.0. The first kappa shape index (κ1) is 23.9. The van der Waals surface area contributed by atoms with Gasteiger partial charge in [0, 0.05) is 17.2 Å². The molecule has 5 nitrogen and oxygen atoms in total. The number of amides is 1. The van der Waals surface area contributed by atoms with Crippen molar-refractivity contribution in [1.82, 2.24) is 5.32 Å². The highest BCUT2D eigenvalue weighted by molar-refractivity contribution is 7.99. The number of anilines is 1. The molecule has 1 N–H and O–H groups in total. The molecule has 0 aliphatic rings. The Morgan fingerprint density at radius 2 is 1.59 bits per heavy atom. The minimum absolute atomic E-state index is 0.154. The molecule has 0 spiro atoms. The molecule has 0 aliphatic heterocycles. The largest absolute Gasteiger partial charge is 0.354 e. The fourth-order valence-electron chi connectivity index (χ4n) is 3.10. The first-order chi connectivity index (χ1) is 15.3. The lowest BCUT2D eigenvalue weighted by molar-refractivity contribution is -0.119. The van der Waals surface area contributed by atoms with Crippen LogP contribution in [0.5, 0.6) is 0 Å². The van der Waals surface area contributed by atoms with Gasteiger partial charge in [-0.15, -0.1) is 11.8 Å². The van der Waals surface area contributed by atoms with Crippen molar-refractivity contribution in [2.24, 2.45) is 0 Å². The predicted octanol–water partition coefficient (Wildman–Crippen LogP) is 4.72. The molecule has 3 rings (SSSR count). The standard InChI is InChI=1S/C25H28N2O3S2/c1-19-9-13-23(14-10-19)31-16-15-26-25(28)18-27(22-12-11-20(2)21(3)17-22)32(29,30)24-7-5-4-6-8-24/h4-14,17H,15-16,18H2,1-3H3,(H,26,28). The zero-order chi connectivity index (χ0) is 23.1. The van der Waals surface area contributed by atoms with Crippen molar-refractivity contribution in [2.45, 2.75) is 30.6 Å². The molecule has 0 radical (unpaired) electrons. The maximum absolute atomic E-state index is 13.3. The fraction of sp³-hybridized carbons (Fsp3) is 0.240. The van der Waals surface area contributed by atoms with Crippen molar-refractivity contribution in [2.75, 3.05) is 23.1 Å². The van der Waals surface area contributed by atoms with Gasteiger partial charge in [0.2, 0.25) is 5.91 Å². The molecule has 0 fully saturated rings. The molecular weight excluding hydrogens is 440 g/mol. The van der Waals surface area contributed by atoms with E-state index in [2.05, 4.69) is 29.6 Å². The van der Waals surface area contributed by atoms with Gasteiger partial charge in [-0.25, -0.2) is 8.42 Å². The molecule has 0 aromatic heterocycles. The first-order valence-corrected chi connectivity index (χ1v) is 12.8. The van der Waals surface area contributed by atoms with Gasteiger partial charge in [-0.1, -0.05) is 42.0 Å². The van der Waals surface area contributed by atoms with Gasteiger partial charge in [-0.05, 0) is 68.3 Å². The maximum Gasteiger partial charge on any atom is 0.264 e. The Morgan fingerprint density at radius 1 is 0.906 bits per heavy atom. The van der Waals surface area contributed by atoms with Crippen LogP contribution in [0, 0.1) is 20.8 Å². The van der Waals surface area contributed by atoms with Crippen LogP contribution in [0.25, 0.3) is 0 Å². The minimum Gasteiger partial charge on any atom is -0.354 e. The Morgan fingerprint density at radius 3 is 2.25 bits per heavy atom. The quantitative estimate of drug-likeness (QED) is 0.365. The molecule has 0 saturated heterocycles. The highest BCUT2D eigenvalue weighted by atomic mass is 32.2. The number of carbonyl (C=O) groups is 1. The van der Waals surface area contributed by atoms with Crippen molar-refractivity contribution in [3.8, 4) is 0 Å². The Kier molecular flexibility index (Phi) is 7.99. The van der Waals surface area contributed by atoms with Crippen LogP contribution in [0.3, 0.4) is 0 Å². The number of nitrogens with one attached hydrogen (secondary N) is 1. The number of rotatable bonds is 9. The third-order valence-electron chi connectivity index (χ3n) is 5.11. The normalized spacial score (nSPS) is 11.2. The van der Waals surface area contributed by atoms with Gasteiger partial charge in [0.1, 0.15) is 6.54 Å². The van der Waals surface area contributed by atoms with Gasteiger partial charge >= 0.3 is 0 Å². The number of thioether (sulfide) groups is 1. The molecular formula is C25H28N2O3S2. The van der Waals surface area contributed by atoms with Crippen LogP contribution in [-0.2, 0) is 14.8 Å². The van der Waals surface area contributed by atoms with Crippen molar-refractivity contribution in [3.63, 3.8) is 0 Å². The average molecular weight is 469 g/mol. The van der Waals surface area contributed by atoms with Crippen LogP contribution < -0.4 is 9.62 Å². The zero-order valence-corrected chi connectivity index (χ0v) is 20.2. The molecule has 0 atom stereocenters. The number of hydrogen-bond acceptors (Lipinski definition) is 4. The van der Waals surface area contributed by atoms with E-state index in [1.54, 1.807) is 54.2 Å². The lowest BCUT2D eigenvalue weighted by Gasteiger charge is -2.24. The summed E-state index contributed by atoms with van der Waals surface area (Å²) in [5.74, 6) is 0.358. The number of hydrogen-bond donors (Lipinski definition) is 1. The van der Waals surface area contributed by atoms with E-state index < -0.39 is 10.0 Å². The van der Waals surface area contributed by atoms with Gasteiger partial charge in [0.25, 0.3) is 10.0 Å². The second-order valence-corrected chi connectivity index (χ2v) is 10.6. The summed E-state index contributed by atoms with van der Waals surface area (Å²) in [6.07, 6.45) is 0. The Labute approximate surface area is 194 Å². The van der Waals surface area contributed by atoms with Gasteiger partial charge in [0.05, 0.1) is 10.6 Å². The summed E-state index contributed by atoms with van der Waals surface area (Å²) in [5.41, 5.74) is 3.70. The number of nitrogens with zero attached hydrogens (tertiary/aromatic N) is 1. The van der Waals surface area contributed by atoms with Crippen LogP contribution in [-0.4, -0.2) is 33.2 Å². The summed E-state index contributed by atoms with van der Waals surface area (Å²) < 4.78 is 27.9. The molecule has 0 saturated carbocycles. The molecule has 0 bridgehead atoms. The number of sulfonamides is 1. The minimum atomic E-state index is -3.89. The van der Waals surface area contributed by atoms with E-state index in [-0.39, 0.29) is 17.3 Å². The van der Waals surface area contributed by atoms with E-state index in [9.17, 15) is 13.2 Å². The summed E-state index contributed by atoms with van der Waals surface area (Å²) in [5, 5.41) is 2.85. The summed E-state index contributed by atoms with van der Waals surface area (Å²) >= 11 is 1.65. The second-order valence-electron chi connectivity index (χ2n) is 7.60. The van der Waals surface area contributed by atoms with Gasteiger partial charge in [-0.3, -0.25) is 9.10 Å². The van der Waals surface area contributed by atoms with Crippen LogP contribution in [0.1, 0.15) is 16.7 Å². The SMILES string of the molecule is Cc1ccc(SCCNC(=O)CN(c2ccc(C)c(C)c2)S(=O)(=O)c2ccccc2)cc1. The first-order valence-electron chi connectivity index (χ1n) is 10.4. The van der Waals surface area contributed by atoms with Crippen LogP contribution >= 0.6 is 11.8 Å². The maximum atomic E-state index is 13.3. The van der Waals surface area contributed by atoms with E-state index in [1.165, 1.54) is 9.87 Å². The average Bonchev–Trinajstić information content (AvgIpc) is 2.79. The molecule has 7 heteroatoms. The number of benzene rings is 3. The van der Waals surface area contributed by atoms with E-state index in [0.29, 0.717) is 18.0 Å². The van der Waals surface area contributed by atoms with Gasteiger partial charge < -0.3 is 5.32 Å². The smallest absolute Gasteiger partial charge is 0.264 e. The zero-order valence-electron chi connectivity index (χ0n) is 18.5. The monoisotopic (exact) mass is 468 g/mol. The lowest BCUT2D eigenvalue weighted by Crippen LogP contribution is -2.41. The van der Waals surface area contributed by atoms with Crippen molar-refractivity contribution < 1.29 is 13.2 Å². The Hall–Kier alpha value is -2.77. The van der Waals surface area contributed by atoms with Crippen LogP contribution in [0.2, 0.25) is 0 Å². The molecule has 3 aromatic carbocycles. The molecule has 32 heavy (non-hydrogen) atoms. The highest BCUT2D eigenvalue weighted by Crippen LogP contribution is 2.25. The van der Waals surface area contributed by atoms with E-state index in [0.717, 1.165) is 16.0 Å². The van der Waals surface area contributed by atoms with E-state index >= 15 is 0 Å². The van der Waals surface area contributed by atoms with E-state index in [4.69, 9.17) is 0 Å². The van der Waals surface area contributed by atoms with Gasteiger partial charge in [0.15, 0.2) is 0 Å². The summed E-state index contributed by atoms with van der Waals surface area (Å²) in [6.45, 7) is 6.10. The highest BCUT2D eigenvalue weighted by Gasteiger charge is 2.27. The second kappa shape index (κ2) is 10.7. The topological polar surface area (TPSA) is 66.5 Å². The van der Waals surface area contributed by atoms with Crippen molar-refractivity contribution in [1.29, 1.82) is 0 Å². The van der Waals surface area contributed by atoms with E-state index in [1.807, 2.05) is 26.8 Å². The van der Waals surface area contributed by atoms with Crippen LogP contribution in [0.4, 0.5) is 5.69 Å². The fourth-order valence-corrected chi connectivity index (χ4v) is 5.30. The molecule has 0 aliphatic carbocycles. The molecule has 1 amide bonds. The third kappa shape index (κ3) is 6.14. The van der Waals surface area contributed by atoms with Crippen molar-refractivity contribution in [3.05, 3.63) is 89.5 Å². The summed E-state index contributed by atoms with van der Waals surface area (Å²) in [7, 11) is -3.89. The third-order valence-corrected chi connectivity index (χ3v) is 7.91. The predicted molar refractivity (Wildman–Crippen MR) is 132 cm³/mol. The van der Waals surface area contributed by atoms with Crippen molar-refractivity contribution >= 4 is 33.4 Å². The number of carbonyl (C=O) groups excluding carboxylic acids is 1.